The van der Waals surface area contributed by atoms with E-state index in [1.807, 2.05) is 0 Å². The Kier molecular flexibility index (Phi) is 15.5. The van der Waals surface area contributed by atoms with Crippen LogP contribution in [-0.4, -0.2) is 66.4 Å². The number of aromatic nitrogens is 4. The largest absolute Gasteiger partial charge is 1.00 e. The number of carbonyl (C=O) groups is 4. The van der Waals surface area contributed by atoms with Crippen LogP contribution in [-0.2, 0) is 4.74 Å². The first-order chi connectivity index (χ1) is 17.7. The molecule has 0 aliphatic rings. The van der Waals surface area contributed by atoms with Crippen molar-refractivity contribution >= 4 is 23.7 Å². The van der Waals surface area contributed by atoms with E-state index in [0.717, 1.165) is 0 Å². The van der Waals surface area contributed by atoms with Gasteiger partial charge in [-0.1, -0.05) is 7.43 Å². The van der Waals surface area contributed by atoms with Gasteiger partial charge in [0, 0.05) is 30.4 Å². The molecule has 4 rings (SSSR count). The minimum Gasteiger partial charge on any atom is -0.870 e. The molecule has 0 amide bonds. The van der Waals surface area contributed by atoms with E-state index in [9.17, 15) is 19.2 Å². The Hall–Kier alpha value is -3.72. The SMILES string of the molecule is C.COC(=O)c1ccnc(-c2ccc(C(C)=O)cn2)c1.O=C(O)c1ccc(-c2cc(C(=O)O)ccn2)nc1.[K+].[OH-]. The molecule has 12 nitrogen and oxygen atoms in total. The number of ketones is 1. The van der Waals surface area contributed by atoms with Crippen molar-refractivity contribution in [1.29, 1.82) is 0 Å². The maximum Gasteiger partial charge on any atom is 1.00 e. The van der Waals surface area contributed by atoms with Crippen LogP contribution in [0.4, 0.5) is 0 Å². The van der Waals surface area contributed by atoms with Crippen molar-refractivity contribution in [2.45, 2.75) is 14.4 Å². The fraction of sp³-hybridized carbons (Fsp3) is 0.111. The first kappa shape index (κ1) is 36.3. The van der Waals surface area contributed by atoms with Crippen LogP contribution in [0.15, 0.2) is 73.3 Å². The second-order valence-corrected chi connectivity index (χ2v) is 7.38. The summed E-state index contributed by atoms with van der Waals surface area (Å²) >= 11 is 0. The smallest absolute Gasteiger partial charge is 0.870 e. The number of carbonyl (C=O) groups excluding carboxylic acids is 2. The molecule has 0 atom stereocenters. The summed E-state index contributed by atoms with van der Waals surface area (Å²) in [6.07, 6.45) is 5.57. The van der Waals surface area contributed by atoms with Crippen molar-refractivity contribution in [3.8, 4) is 22.8 Å². The average molecular weight is 573 g/mol. The van der Waals surface area contributed by atoms with Crippen molar-refractivity contribution in [3.05, 3.63) is 95.6 Å². The number of Topliss-reactive ketones (excluding diaryl/α,β-unsaturated/α-hetero) is 1. The number of nitrogens with zero attached hydrogens (tertiary/aromatic N) is 4. The Morgan fingerprint density at radius 1 is 0.650 bits per heavy atom. The molecule has 4 aromatic rings. The average Bonchev–Trinajstić information content (AvgIpc) is 2.93. The molecule has 13 heteroatoms. The predicted octanol–water partition coefficient (Wildman–Crippen LogP) is 1.14. The Labute approximate surface area is 272 Å². The van der Waals surface area contributed by atoms with Crippen LogP contribution in [0.3, 0.4) is 0 Å². The van der Waals surface area contributed by atoms with Gasteiger partial charge in [0.2, 0.25) is 0 Å². The molecule has 202 valence electrons. The summed E-state index contributed by atoms with van der Waals surface area (Å²) < 4.78 is 4.65. The van der Waals surface area contributed by atoms with Crippen molar-refractivity contribution in [2.75, 3.05) is 7.11 Å². The van der Waals surface area contributed by atoms with Crippen LogP contribution in [0.25, 0.3) is 22.8 Å². The van der Waals surface area contributed by atoms with E-state index in [-0.39, 0.29) is 81.2 Å². The van der Waals surface area contributed by atoms with Gasteiger partial charge in [0.05, 0.1) is 46.6 Å². The Morgan fingerprint density at radius 3 is 1.50 bits per heavy atom. The van der Waals surface area contributed by atoms with Crippen molar-refractivity contribution in [2.24, 2.45) is 0 Å². The zero-order valence-electron chi connectivity index (χ0n) is 21.1. The van der Waals surface area contributed by atoms with Gasteiger partial charge < -0.3 is 20.4 Å². The summed E-state index contributed by atoms with van der Waals surface area (Å²) in [6, 6.07) is 12.2. The fourth-order valence-electron chi connectivity index (χ4n) is 2.94. The molecule has 0 unspecified atom stereocenters. The number of rotatable bonds is 6. The normalized spacial score (nSPS) is 9.25. The molecule has 0 saturated heterocycles. The van der Waals surface area contributed by atoms with Gasteiger partial charge in [-0.25, -0.2) is 14.4 Å². The predicted molar refractivity (Wildman–Crippen MR) is 139 cm³/mol. The van der Waals surface area contributed by atoms with Gasteiger partial charge in [0.25, 0.3) is 0 Å². The van der Waals surface area contributed by atoms with Gasteiger partial charge in [-0.15, -0.1) is 0 Å². The summed E-state index contributed by atoms with van der Waals surface area (Å²) in [5, 5.41) is 17.6. The third-order valence-electron chi connectivity index (χ3n) is 4.89. The summed E-state index contributed by atoms with van der Waals surface area (Å²) in [5.41, 5.74) is 3.05. The number of pyridine rings is 4. The number of carboxylic acids is 2. The Bertz CT molecular complexity index is 1460. The van der Waals surface area contributed by atoms with Gasteiger partial charge in [-0.3, -0.25) is 24.7 Å². The summed E-state index contributed by atoms with van der Waals surface area (Å²) in [4.78, 5) is 60.3. The van der Waals surface area contributed by atoms with Crippen molar-refractivity contribution in [3.63, 3.8) is 0 Å². The molecule has 0 fully saturated rings. The molecule has 4 heterocycles. The Balaban J connectivity index is 0.000000708. The van der Waals surface area contributed by atoms with Crippen LogP contribution in [0.1, 0.15) is 55.8 Å². The molecular formula is C27H25KN4O8. The van der Waals surface area contributed by atoms with Crippen LogP contribution < -0.4 is 51.4 Å². The topological polar surface area (TPSA) is 200 Å². The number of methoxy groups -OCH3 is 1. The monoisotopic (exact) mass is 572 g/mol. The molecular weight excluding hydrogens is 547 g/mol. The molecule has 0 bridgehead atoms. The number of ether oxygens (including phenoxy) is 1. The number of esters is 1. The Morgan fingerprint density at radius 2 is 1.10 bits per heavy atom. The van der Waals surface area contributed by atoms with E-state index in [1.54, 1.807) is 24.3 Å². The van der Waals surface area contributed by atoms with Gasteiger partial charge in [-0.2, -0.15) is 0 Å². The van der Waals surface area contributed by atoms with Gasteiger partial charge in [0.15, 0.2) is 5.78 Å². The van der Waals surface area contributed by atoms with E-state index in [2.05, 4.69) is 24.7 Å². The third kappa shape index (κ3) is 9.79. The van der Waals surface area contributed by atoms with E-state index in [1.165, 1.54) is 63.1 Å². The number of aromatic carboxylic acids is 2. The molecule has 0 radical (unpaired) electrons. The van der Waals surface area contributed by atoms with Crippen molar-refractivity contribution in [1.82, 2.24) is 19.9 Å². The van der Waals surface area contributed by atoms with Crippen LogP contribution in [0, 0.1) is 0 Å². The molecule has 3 N–H and O–H groups in total. The summed E-state index contributed by atoms with van der Waals surface area (Å²) in [7, 11) is 1.32. The number of carboxylic acid groups (broad SMARTS) is 2. The molecule has 0 aliphatic heterocycles. The molecule has 4 aromatic heterocycles. The van der Waals surface area contributed by atoms with Crippen LogP contribution >= 0.6 is 0 Å². The second kappa shape index (κ2) is 17.1. The van der Waals surface area contributed by atoms with E-state index < -0.39 is 17.9 Å². The zero-order chi connectivity index (χ0) is 26.9. The molecule has 0 aromatic carbocycles. The summed E-state index contributed by atoms with van der Waals surface area (Å²) in [5.74, 6) is -2.60. The minimum atomic E-state index is -1.07. The third-order valence-corrected chi connectivity index (χ3v) is 4.89. The van der Waals surface area contributed by atoms with Crippen LogP contribution in [0.2, 0.25) is 0 Å². The van der Waals surface area contributed by atoms with E-state index >= 15 is 0 Å². The number of hydrogen-bond acceptors (Lipinski definition) is 10. The molecule has 40 heavy (non-hydrogen) atoms. The molecule has 0 aliphatic carbocycles. The number of hydrogen-bond donors (Lipinski definition) is 2. The maximum atomic E-state index is 11.4. The van der Waals surface area contributed by atoms with Gasteiger partial charge in [0.1, 0.15) is 0 Å². The second-order valence-electron chi connectivity index (χ2n) is 7.38. The quantitative estimate of drug-likeness (QED) is 0.190. The maximum absolute atomic E-state index is 11.4. The van der Waals surface area contributed by atoms with Crippen molar-refractivity contribution < 1.29 is 91.0 Å². The zero-order valence-corrected chi connectivity index (χ0v) is 24.2. The first-order valence-electron chi connectivity index (χ1n) is 10.6. The van der Waals surface area contributed by atoms with Gasteiger partial charge >= 0.3 is 69.3 Å². The standard InChI is InChI=1S/C14H12N2O3.C12H8N2O4.CH4.K.H2O/c1-9(17)11-3-4-12(16-8-11)13-7-10(5-6-15-13)14(18)19-2;15-11(16)7-3-4-13-10(5-7)9-2-1-8(6-14-9)12(17)18;;;/h3-8H,1-2H3;1-6H,(H,15,16)(H,17,18);1H4;;1H2/q;;;+1;/p-1. The molecule has 0 saturated carbocycles. The van der Waals surface area contributed by atoms with Gasteiger partial charge in [-0.05, 0) is 55.5 Å². The fourth-order valence-corrected chi connectivity index (χ4v) is 2.94. The summed E-state index contributed by atoms with van der Waals surface area (Å²) in [6.45, 7) is 1.48. The van der Waals surface area contributed by atoms with Crippen LogP contribution in [0.5, 0.6) is 0 Å². The molecule has 0 spiro atoms. The minimum absolute atomic E-state index is 0. The van der Waals surface area contributed by atoms with E-state index in [4.69, 9.17) is 10.2 Å². The first-order valence-corrected chi connectivity index (χ1v) is 10.6. The van der Waals surface area contributed by atoms with E-state index in [0.29, 0.717) is 33.9 Å².